The van der Waals surface area contributed by atoms with Gasteiger partial charge in [-0.05, 0) is 50.5 Å². The predicted octanol–water partition coefficient (Wildman–Crippen LogP) is 3.28. The van der Waals surface area contributed by atoms with Crippen LogP contribution in [0.2, 0.25) is 0 Å². The molecule has 21 heavy (non-hydrogen) atoms. The van der Waals surface area contributed by atoms with Gasteiger partial charge < -0.3 is 15.1 Å². The molecule has 1 heterocycles. The Bertz CT molecular complexity index is 671. The molecule has 3 rings (SSSR count). The molecule has 0 bridgehead atoms. The van der Waals surface area contributed by atoms with Gasteiger partial charge in [0.05, 0.1) is 5.56 Å². The van der Waals surface area contributed by atoms with E-state index < -0.39 is 0 Å². The van der Waals surface area contributed by atoms with Crippen LogP contribution >= 0.6 is 0 Å². The first kappa shape index (κ1) is 13.7. The first-order chi connectivity index (χ1) is 10.0. The quantitative estimate of drug-likeness (QED) is 0.876. The lowest BCUT2D eigenvalue weighted by Crippen LogP contribution is -2.32. The fourth-order valence-electron chi connectivity index (χ4n) is 2.64. The van der Waals surface area contributed by atoms with Crippen LogP contribution in [0.4, 0.5) is 5.69 Å². The molecule has 0 spiro atoms. The molecule has 2 N–H and O–H groups in total. The molecule has 0 radical (unpaired) electrons. The zero-order chi connectivity index (χ0) is 15.0. The van der Waals surface area contributed by atoms with Crippen molar-refractivity contribution in [3.05, 3.63) is 53.0 Å². The Morgan fingerprint density at radius 1 is 1.33 bits per heavy atom. The summed E-state index contributed by atoms with van der Waals surface area (Å²) < 4.78 is 5.49. The fraction of sp³-hybridized carbons (Fsp3) is 0.353. The summed E-state index contributed by atoms with van der Waals surface area (Å²) in [6, 6.07) is 9.88. The van der Waals surface area contributed by atoms with E-state index in [1.807, 2.05) is 49.1 Å². The highest BCUT2D eigenvalue weighted by atomic mass is 16.3. The largest absolute Gasteiger partial charge is 0.466 e. The topological polar surface area (TPSA) is 59.5 Å². The Kier molecular flexibility index (Phi) is 3.45. The lowest BCUT2D eigenvalue weighted by molar-refractivity contribution is 0.0728. The maximum Gasteiger partial charge on any atom is 0.257 e. The van der Waals surface area contributed by atoms with Crippen LogP contribution in [0, 0.1) is 13.8 Å². The van der Waals surface area contributed by atoms with Crippen LogP contribution < -0.4 is 5.73 Å². The molecule has 110 valence electrons. The van der Waals surface area contributed by atoms with E-state index in [1.54, 1.807) is 0 Å². The van der Waals surface area contributed by atoms with E-state index in [0.29, 0.717) is 23.9 Å². The van der Waals surface area contributed by atoms with E-state index in [-0.39, 0.29) is 5.91 Å². The Balaban J connectivity index is 1.85. The zero-order valence-corrected chi connectivity index (χ0v) is 12.4. The van der Waals surface area contributed by atoms with E-state index in [2.05, 4.69) is 0 Å². The summed E-state index contributed by atoms with van der Waals surface area (Å²) in [7, 11) is 0. The number of nitrogen functional groups attached to an aromatic ring is 1. The summed E-state index contributed by atoms with van der Waals surface area (Å²) in [5.41, 5.74) is 8.28. The Hall–Kier alpha value is -2.23. The number of rotatable bonds is 4. The van der Waals surface area contributed by atoms with Gasteiger partial charge in [-0.1, -0.05) is 12.1 Å². The number of carbonyl (C=O) groups excluding carboxylic acids is 1. The van der Waals surface area contributed by atoms with Gasteiger partial charge in [0.2, 0.25) is 0 Å². The molecule has 1 fully saturated rings. The van der Waals surface area contributed by atoms with Crippen molar-refractivity contribution in [2.75, 3.05) is 5.73 Å². The molecule has 1 aliphatic rings. The third kappa shape index (κ3) is 2.94. The van der Waals surface area contributed by atoms with Crippen molar-refractivity contribution in [3.63, 3.8) is 0 Å². The number of nitrogens with zero attached hydrogens (tertiary/aromatic N) is 1. The number of hydrogen-bond donors (Lipinski definition) is 1. The number of carbonyl (C=O) groups is 1. The molecule has 1 aliphatic carbocycles. The number of nitrogens with two attached hydrogens (primary N) is 1. The molecule has 1 saturated carbocycles. The van der Waals surface area contributed by atoms with Crippen LogP contribution in [-0.4, -0.2) is 16.8 Å². The lowest BCUT2D eigenvalue weighted by Gasteiger charge is -2.22. The minimum atomic E-state index is 0.0503. The van der Waals surface area contributed by atoms with Gasteiger partial charge in [0.15, 0.2) is 0 Å². The van der Waals surface area contributed by atoms with Crippen molar-refractivity contribution in [2.24, 2.45) is 0 Å². The van der Waals surface area contributed by atoms with Crippen LogP contribution in [0.25, 0.3) is 0 Å². The number of furan rings is 1. The molecule has 0 atom stereocenters. The number of benzene rings is 1. The van der Waals surface area contributed by atoms with Gasteiger partial charge in [0.25, 0.3) is 5.91 Å². The van der Waals surface area contributed by atoms with Gasteiger partial charge in [-0.3, -0.25) is 4.79 Å². The minimum Gasteiger partial charge on any atom is -0.466 e. The van der Waals surface area contributed by atoms with Gasteiger partial charge >= 0.3 is 0 Å². The normalized spacial score (nSPS) is 14.2. The van der Waals surface area contributed by atoms with E-state index in [9.17, 15) is 4.79 Å². The Labute approximate surface area is 124 Å². The predicted molar refractivity (Wildman–Crippen MR) is 81.9 cm³/mol. The second-order valence-corrected chi connectivity index (χ2v) is 5.74. The molecule has 0 unspecified atom stereocenters. The molecular weight excluding hydrogens is 264 g/mol. The molecule has 0 saturated heterocycles. The Morgan fingerprint density at radius 2 is 2.10 bits per heavy atom. The van der Waals surface area contributed by atoms with Crippen molar-refractivity contribution in [1.82, 2.24) is 4.90 Å². The highest BCUT2D eigenvalue weighted by Gasteiger charge is 2.34. The lowest BCUT2D eigenvalue weighted by atomic mass is 10.1. The SMILES string of the molecule is Cc1cc(C(=O)N(Cc2cccc(N)c2)C2CC2)c(C)o1. The highest BCUT2D eigenvalue weighted by Crippen LogP contribution is 2.31. The maximum absolute atomic E-state index is 12.8. The average Bonchev–Trinajstić information content (AvgIpc) is 3.21. The van der Waals surface area contributed by atoms with E-state index in [4.69, 9.17) is 10.2 Å². The second kappa shape index (κ2) is 5.28. The van der Waals surface area contributed by atoms with E-state index >= 15 is 0 Å². The summed E-state index contributed by atoms with van der Waals surface area (Å²) in [6.45, 7) is 4.30. The highest BCUT2D eigenvalue weighted by molar-refractivity contribution is 5.95. The average molecular weight is 284 g/mol. The van der Waals surface area contributed by atoms with Gasteiger partial charge in [0.1, 0.15) is 11.5 Å². The smallest absolute Gasteiger partial charge is 0.257 e. The maximum atomic E-state index is 12.8. The minimum absolute atomic E-state index is 0.0503. The third-order valence-corrected chi connectivity index (χ3v) is 3.82. The van der Waals surface area contributed by atoms with Crippen molar-refractivity contribution in [3.8, 4) is 0 Å². The molecule has 1 amide bonds. The zero-order valence-electron chi connectivity index (χ0n) is 12.4. The first-order valence-electron chi connectivity index (χ1n) is 7.27. The summed E-state index contributed by atoms with van der Waals surface area (Å²) in [4.78, 5) is 14.7. The summed E-state index contributed by atoms with van der Waals surface area (Å²) in [5.74, 6) is 1.51. The standard InChI is InChI=1S/C17H20N2O2/c1-11-8-16(12(2)21-11)17(20)19(15-6-7-15)10-13-4-3-5-14(18)9-13/h3-5,8-9,15H,6-7,10,18H2,1-2H3. The van der Waals surface area contributed by atoms with Crippen LogP contribution in [0.3, 0.4) is 0 Å². The van der Waals surface area contributed by atoms with Crippen molar-refractivity contribution >= 4 is 11.6 Å². The monoisotopic (exact) mass is 284 g/mol. The van der Waals surface area contributed by atoms with Crippen LogP contribution in [0.1, 0.15) is 40.3 Å². The van der Waals surface area contributed by atoms with Gasteiger partial charge in [-0.2, -0.15) is 0 Å². The van der Waals surface area contributed by atoms with Crippen molar-refractivity contribution in [2.45, 2.75) is 39.3 Å². The van der Waals surface area contributed by atoms with E-state index in [0.717, 1.165) is 29.9 Å². The molecule has 4 heteroatoms. The fourth-order valence-corrected chi connectivity index (χ4v) is 2.64. The van der Waals surface area contributed by atoms with Crippen molar-refractivity contribution in [1.29, 1.82) is 0 Å². The molecule has 1 aromatic heterocycles. The number of anilines is 1. The molecule has 4 nitrogen and oxygen atoms in total. The summed E-state index contributed by atoms with van der Waals surface area (Å²) in [5, 5.41) is 0. The first-order valence-corrected chi connectivity index (χ1v) is 7.27. The summed E-state index contributed by atoms with van der Waals surface area (Å²) in [6.07, 6.45) is 2.15. The summed E-state index contributed by atoms with van der Waals surface area (Å²) >= 11 is 0. The van der Waals surface area contributed by atoms with E-state index in [1.165, 1.54) is 0 Å². The van der Waals surface area contributed by atoms with Crippen LogP contribution in [0.15, 0.2) is 34.7 Å². The molecular formula is C17H20N2O2. The molecule has 2 aromatic rings. The molecule has 1 aromatic carbocycles. The number of hydrogen-bond acceptors (Lipinski definition) is 3. The van der Waals surface area contributed by atoms with Gasteiger partial charge in [-0.15, -0.1) is 0 Å². The van der Waals surface area contributed by atoms with Gasteiger partial charge in [-0.25, -0.2) is 0 Å². The number of aryl methyl sites for hydroxylation is 2. The molecule has 0 aliphatic heterocycles. The van der Waals surface area contributed by atoms with Crippen LogP contribution in [0.5, 0.6) is 0 Å². The van der Waals surface area contributed by atoms with Crippen molar-refractivity contribution < 1.29 is 9.21 Å². The third-order valence-electron chi connectivity index (χ3n) is 3.82. The number of amides is 1. The van der Waals surface area contributed by atoms with Gasteiger partial charge in [0, 0.05) is 18.3 Å². The van der Waals surface area contributed by atoms with Crippen LogP contribution in [-0.2, 0) is 6.54 Å². The Morgan fingerprint density at radius 3 is 2.67 bits per heavy atom. The second-order valence-electron chi connectivity index (χ2n) is 5.74.